The zero-order chi connectivity index (χ0) is 29.0. The number of thiazole rings is 2. The Balaban J connectivity index is 0.000000168. The van der Waals surface area contributed by atoms with Crippen molar-refractivity contribution < 1.29 is 9.47 Å². The molecule has 0 saturated heterocycles. The van der Waals surface area contributed by atoms with E-state index < -0.39 is 0 Å². The molecule has 0 fully saturated rings. The van der Waals surface area contributed by atoms with Crippen LogP contribution in [-0.2, 0) is 0 Å². The Morgan fingerprint density at radius 2 is 1.07 bits per heavy atom. The van der Waals surface area contributed by atoms with Crippen LogP contribution in [0.2, 0.25) is 0 Å². The molecule has 0 radical (unpaired) electrons. The van der Waals surface area contributed by atoms with Gasteiger partial charge in [0.05, 0.1) is 11.0 Å². The lowest BCUT2D eigenvalue weighted by molar-refractivity contribution is 0.197. The molecule has 8 nitrogen and oxygen atoms in total. The molecule has 0 bridgehead atoms. The summed E-state index contributed by atoms with van der Waals surface area (Å²) in [4.78, 5) is 17.5. The van der Waals surface area contributed by atoms with Gasteiger partial charge in [0, 0.05) is 59.2 Å². The highest BCUT2D eigenvalue weighted by Gasteiger charge is 2.18. The van der Waals surface area contributed by atoms with Gasteiger partial charge in [0.2, 0.25) is 0 Å². The van der Waals surface area contributed by atoms with Crippen LogP contribution in [0.5, 0.6) is 11.5 Å². The van der Waals surface area contributed by atoms with Gasteiger partial charge in [-0.25, -0.2) is 9.97 Å². The molecule has 42 heavy (non-hydrogen) atoms. The first-order chi connectivity index (χ1) is 20.8. The van der Waals surface area contributed by atoms with E-state index in [1.54, 1.807) is 35.1 Å². The number of fused-ring (bicyclic) bond motifs is 2. The van der Waals surface area contributed by atoms with E-state index in [9.17, 15) is 0 Å². The van der Waals surface area contributed by atoms with E-state index in [1.807, 2.05) is 97.9 Å². The predicted molar refractivity (Wildman–Crippen MR) is 172 cm³/mol. The minimum atomic E-state index is -0.0387. The van der Waals surface area contributed by atoms with Crippen molar-refractivity contribution in [3.05, 3.63) is 106 Å². The van der Waals surface area contributed by atoms with Crippen LogP contribution in [0.4, 0.5) is 0 Å². The van der Waals surface area contributed by atoms with Gasteiger partial charge in [-0.05, 0) is 75.7 Å². The van der Waals surface area contributed by atoms with Crippen LogP contribution < -0.4 is 20.1 Å². The Bertz CT molecular complexity index is 1510. The third kappa shape index (κ3) is 7.65. The minimum absolute atomic E-state index is 0.0387. The number of hydrogen-bond donors (Lipinski definition) is 2. The van der Waals surface area contributed by atoms with Crippen molar-refractivity contribution in [2.45, 2.75) is 25.0 Å². The van der Waals surface area contributed by atoms with Crippen molar-refractivity contribution in [3.63, 3.8) is 0 Å². The Morgan fingerprint density at radius 3 is 1.48 bits per heavy atom. The molecular weight excluding hydrogens is 565 g/mol. The fourth-order valence-electron chi connectivity index (χ4n) is 4.47. The number of pyridine rings is 2. The molecule has 4 heterocycles. The largest absolute Gasteiger partial charge is 0.482 e. The molecule has 0 saturated carbocycles. The summed E-state index contributed by atoms with van der Waals surface area (Å²) in [5.74, 6) is 1.72. The monoisotopic (exact) mass is 598 g/mol. The summed E-state index contributed by atoms with van der Waals surface area (Å²) in [7, 11) is 3.89. The molecule has 4 aromatic heterocycles. The highest BCUT2D eigenvalue weighted by atomic mass is 32.1. The van der Waals surface area contributed by atoms with Gasteiger partial charge in [0.15, 0.2) is 12.2 Å². The number of aromatic nitrogens is 4. The molecule has 6 rings (SSSR count). The van der Waals surface area contributed by atoms with E-state index in [-0.39, 0.29) is 12.2 Å². The van der Waals surface area contributed by atoms with Crippen LogP contribution >= 0.6 is 22.7 Å². The van der Waals surface area contributed by atoms with Crippen molar-refractivity contribution >= 4 is 44.5 Å². The average molecular weight is 599 g/mol. The summed E-state index contributed by atoms with van der Waals surface area (Å²) >= 11 is 3.25. The lowest BCUT2D eigenvalue weighted by atomic mass is 10.2. The third-order valence-electron chi connectivity index (χ3n) is 6.52. The van der Waals surface area contributed by atoms with Crippen molar-refractivity contribution in [1.29, 1.82) is 0 Å². The summed E-state index contributed by atoms with van der Waals surface area (Å²) in [5.41, 5.74) is 1.89. The molecule has 0 amide bonds. The molecule has 0 unspecified atom stereocenters. The van der Waals surface area contributed by atoms with Gasteiger partial charge in [-0.2, -0.15) is 0 Å². The van der Waals surface area contributed by atoms with Crippen LogP contribution in [0.1, 0.15) is 35.1 Å². The molecule has 2 N–H and O–H groups in total. The molecule has 2 atom stereocenters. The maximum absolute atomic E-state index is 6.24. The fraction of sp³-hybridized carbons (Fsp3) is 0.250. The Morgan fingerprint density at radius 1 is 0.595 bits per heavy atom. The maximum atomic E-state index is 6.24. The standard InChI is InChI=1S/2C16H17N3OS/c2*1-17-9-7-15(16-19-10-11-21-16)20-14-6-2-5-13-12(14)4-3-8-18-13/h2*2-6,8,10-11,15,17H,7,9H2,1H3/t2*15-/m10/s1. The molecule has 2 aromatic carbocycles. The van der Waals surface area contributed by atoms with Crippen LogP contribution in [-0.4, -0.2) is 47.1 Å². The SMILES string of the molecule is CNCC[C@@H](Oc1cccc2ncccc12)c1nccs1.CNCC[C@H](Oc1cccc2ncccc12)c1nccs1. The molecule has 10 heteroatoms. The quantitative estimate of drug-likeness (QED) is 0.158. The van der Waals surface area contributed by atoms with E-state index in [0.29, 0.717) is 0 Å². The predicted octanol–water partition coefficient (Wildman–Crippen LogP) is 6.84. The van der Waals surface area contributed by atoms with Crippen molar-refractivity contribution in [3.8, 4) is 11.5 Å². The van der Waals surface area contributed by atoms with Crippen molar-refractivity contribution in [2.75, 3.05) is 27.2 Å². The van der Waals surface area contributed by atoms with Gasteiger partial charge in [0.25, 0.3) is 0 Å². The topological polar surface area (TPSA) is 94.1 Å². The van der Waals surface area contributed by atoms with Gasteiger partial charge < -0.3 is 20.1 Å². The van der Waals surface area contributed by atoms with Crippen molar-refractivity contribution in [2.24, 2.45) is 0 Å². The summed E-state index contributed by atoms with van der Waals surface area (Å²) in [6.45, 7) is 1.76. The number of benzene rings is 2. The zero-order valence-corrected chi connectivity index (χ0v) is 25.3. The number of nitrogens with zero attached hydrogens (tertiary/aromatic N) is 4. The van der Waals surface area contributed by atoms with Crippen molar-refractivity contribution in [1.82, 2.24) is 30.6 Å². The lowest BCUT2D eigenvalue weighted by Crippen LogP contribution is -2.16. The molecule has 0 spiro atoms. The first-order valence-electron chi connectivity index (χ1n) is 13.9. The Labute approximate surface area is 253 Å². The van der Waals surface area contributed by atoms with E-state index in [2.05, 4.69) is 30.6 Å². The molecule has 0 aliphatic heterocycles. The highest BCUT2D eigenvalue weighted by Crippen LogP contribution is 2.32. The normalized spacial score (nSPS) is 12.4. The molecule has 0 aliphatic rings. The smallest absolute Gasteiger partial charge is 0.151 e. The minimum Gasteiger partial charge on any atom is -0.482 e. The van der Waals surface area contributed by atoms with Crippen LogP contribution in [0, 0.1) is 0 Å². The summed E-state index contributed by atoms with van der Waals surface area (Å²) in [6.07, 6.45) is 8.91. The van der Waals surface area contributed by atoms with E-state index in [4.69, 9.17) is 9.47 Å². The molecule has 0 aliphatic carbocycles. The number of nitrogens with one attached hydrogen (secondary N) is 2. The second-order valence-electron chi connectivity index (χ2n) is 9.39. The van der Waals surface area contributed by atoms with E-state index in [1.165, 1.54) is 0 Å². The van der Waals surface area contributed by atoms with E-state index >= 15 is 0 Å². The molecule has 216 valence electrons. The number of ether oxygens (including phenoxy) is 2. The highest BCUT2D eigenvalue weighted by molar-refractivity contribution is 7.09. The van der Waals surface area contributed by atoms with Crippen LogP contribution in [0.3, 0.4) is 0 Å². The van der Waals surface area contributed by atoms with Gasteiger partial charge >= 0.3 is 0 Å². The molecule has 6 aromatic rings. The Hall–Kier alpha value is -3.96. The van der Waals surface area contributed by atoms with Crippen LogP contribution in [0.25, 0.3) is 21.8 Å². The number of hydrogen-bond acceptors (Lipinski definition) is 10. The first kappa shape index (κ1) is 29.5. The van der Waals surface area contributed by atoms with Gasteiger partial charge in [-0.3, -0.25) is 9.97 Å². The average Bonchev–Trinajstić information content (AvgIpc) is 3.78. The van der Waals surface area contributed by atoms with E-state index in [0.717, 1.165) is 69.3 Å². The van der Waals surface area contributed by atoms with Gasteiger partial charge in [-0.15, -0.1) is 22.7 Å². The molecular formula is C32H34N6O2S2. The summed E-state index contributed by atoms with van der Waals surface area (Å²) < 4.78 is 12.5. The van der Waals surface area contributed by atoms with Crippen LogP contribution in [0.15, 0.2) is 96.2 Å². The maximum Gasteiger partial charge on any atom is 0.151 e. The summed E-state index contributed by atoms with van der Waals surface area (Å²) in [5, 5.41) is 14.4. The third-order valence-corrected chi connectivity index (χ3v) is 8.25. The van der Waals surface area contributed by atoms with Gasteiger partial charge in [-0.1, -0.05) is 12.1 Å². The first-order valence-corrected chi connectivity index (χ1v) is 15.6. The Kier molecular flexibility index (Phi) is 10.8. The summed E-state index contributed by atoms with van der Waals surface area (Å²) in [6, 6.07) is 19.9. The fourth-order valence-corrected chi connectivity index (χ4v) is 5.87. The second kappa shape index (κ2) is 15.3. The zero-order valence-electron chi connectivity index (χ0n) is 23.6. The second-order valence-corrected chi connectivity index (χ2v) is 11.2. The van der Waals surface area contributed by atoms with Gasteiger partial charge in [0.1, 0.15) is 21.5 Å². The lowest BCUT2D eigenvalue weighted by Gasteiger charge is -2.18. The number of rotatable bonds is 12.